The van der Waals surface area contributed by atoms with Crippen LogP contribution in [0, 0.1) is 6.92 Å². The predicted octanol–water partition coefficient (Wildman–Crippen LogP) is 4.51. The van der Waals surface area contributed by atoms with Gasteiger partial charge < -0.3 is 23.9 Å². The van der Waals surface area contributed by atoms with E-state index in [0.717, 1.165) is 62.8 Å². The SMILES string of the molecule is COc1ccc2nc(C)n(CC(=O)N3CCN(Cc4ccn(C)n4)CC[C@@H]3c3ncc(-c4cc5ccccc5nc4OC)[nH]3)c2c1. The van der Waals surface area contributed by atoms with Crippen molar-refractivity contribution in [3.63, 3.8) is 0 Å². The van der Waals surface area contributed by atoms with Gasteiger partial charge in [-0.25, -0.2) is 15.0 Å². The first kappa shape index (κ1) is 29.5. The Morgan fingerprint density at radius 3 is 2.67 bits per heavy atom. The van der Waals surface area contributed by atoms with Gasteiger partial charge in [0.15, 0.2) is 0 Å². The molecule has 1 N–H and O–H groups in total. The molecule has 46 heavy (non-hydrogen) atoms. The molecule has 0 saturated carbocycles. The van der Waals surface area contributed by atoms with Gasteiger partial charge in [-0.05, 0) is 43.7 Å². The Balaban J connectivity index is 1.22. The second-order valence-corrected chi connectivity index (χ2v) is 11.7. The third-order valence-electron chi connectivity index (χ3n) is 8.75. The summed E-state index contributed by atoms with van der Waals surface area (Å²) in [7, 11) is 5.19. The van der Waals surface area contributed by atoms with E-state index in [9.17, 15) is 4.79 Å². The lowest BCUT2D eigenvalue weighted by Gasteiger charge is -2.29. The molecule has 1 amide bonds. The number of methoxy groups -OCH3 is 2. The van der Waals surface area contributed by atoms with E-state index in [1.165, 1.54) is 0 Å². The highest BCUT2D eigenvalue weighted by Crippen LogP contribution is 2.33. The summed E-state index contributed by atoms with van der Waals surface area (Å²) in [6.45, 7) is 4.84. The Bertz CT molecular complexity index is 2030. The highest BCUT2D eigenvalue weighted by atomic mass is 16.5. The standard InChI is InChI=1S/C34H37N9O3/c1-22-36-28-10-9-25(45-3)18-31(28)43(22)21-32(44)42-16-15-41(20-24-11-13-40(2)39-24)14-12-30(42)33-35-19-29(37-33)26-17-23-7-5-6-8-27(23)38-34(26)46-4/h5-11,13,17-19,30H,12,14-16,20-21H2,1-4H3,(H,35,37)/t30-/m1/s1. The first-order chi connectivity index (χ1) is 22.4. The zero-order valence-electron chi connectivity index (χ0n) is 26.5. The molecule has 1 aliphatic heterocycles. The van der Waals surface area contributed by atoms with Gasteiger partial charge in [-0.3, -0.25) is 14.4 Å². The summed E-state index contributed by atoms with van der Waals surface area (Å²) >= 11 is 0. The summed E-state index contributed by atoms with van der Waals surface area (Å²) in [4.78, 5) is 36.4. The molecule has 4 aromatic heterocycles. The highest BCUT2D eigenvalue weighted by molar-refractivity contribution is 5.85. The number of ether oxygens (including phenoxy) is 2. The van der Waals surface area contributed by atoms with E-state index in [0.29, 0.717) is 31.9 Å². The molecule has 1 fully saturated rings. The number of nitrogens with zero attached hydrogens (tertiary/aromatic N) is 8. The number of imidazole rings is 2. The van der Waals surface area contributed by atoms with Crippen molar-refractivity contribution in [2.75, 3.05) is 33.9 Å². The molecule has 7 rings (SSSR count). The topological polar surface area (TPSA) is 119 Å². The lowest BCUT2D eigenvalue weighted by molar-refractivity contribution is -0.134. The van der Waals surface area contributed by atoms with E-state index >= 15 is 0 Å². The second kappa shape index (κ2) is 12.3. The Hall–Kier alpha value is -5.23. The number of benzene rings is 2. The number of hydrogen-bond donors (Lipinski definition) is 1. The largest absolute Gasteiger partial charge is 0.497 e. The van der Waals surface area contributed by atoms with Gasteiger partial charge in [0.1, 0.15) is 23.9 Å². The molecule has 1 aliphatic rings. The monoisotopic (exact) mass is 619 g/mol. The summed E-state index contributed by atoms with van der Waals surface area (Å²) in [6, 6.07) is 17.5. The molecule has 0 unspecified atom stereocenters. The van der Waals surface area contributed by atoms with Crippen molar-refractivity contribution in [2.45, 2.75) is 32.5 Å². The quantitative estimate of drug-likeness (QED) is 0.264. The minimum atomic E-state index is -0.265. The van der Waals surface area contributed by atoms with Gasteiger partial charge in [-0.2, -0.15) is 5.10 Å². The van der Waals surface area contributed by atoms with Crippen LogP contribution < -0.4 is 9.47 Å². The molecule has 12 nitrogen and oxygen atoms in total. The van der Waals surface area contributed by atoms with Crippen LogP contribution in [0.4, 0.5) is 0 Å². The second-order valence-electron chi connectivity index (χ2n) is 11.7. The van der Waals surface area contributed by atoms with Crippen LogP contribution in [0.15, 0.2) is 67.0 Å². The smallest absolute Gasteiger partial charge is 0.243 e. The van der Waals surface area contributed by atoms with Gasteiger partial charge in [-0.1, -0.05) is 18.2 Å². The van der Waals surface area contributed by atoms with E-state index < -0.39 is 0 Å². The lowest BCUT2D eigenvalue weighted by atomic mass is 10.1. The van der Waals surface area contributed by atoms with Crippen molar-refractivity contribution < 1.29 is 14.3 Å². The predicted molar refractivity (Wildman–Crippen MR) is 174 cm³/mol. The average molecular weight is 620 g/mol. The van der Waals surface area contributed by atoms with Crippen molar-refractivity contribution in [2.24, 2.45) is 7.05 Å². The van der Waals surface area contributed by atoms with E-state index in [-0.39, 0.29) is 18.5 Å². The number of rotatable bonds is 8. The van der Waals surface area contributed by atoms with Crippen LogP contribution >= 0.6 is 0 Å². The van der Waals surface area contributed by atoms with Crippen LogP contribution in [0.3, 0.4) is 0 Å². The van der Waals surface area contributed by atoms with Gasteiger partial charge in [-0.15, -0.1) is 0 Å². The fourth-order valence-corrected chi connectivity index (χ4v) is 6.36. The maximum absolute atomic E-state index is 14.3. The first-order valence-corrected chi connectivity index (χ1v) is 15.4. The number of para-hydroxylation sites is 1. The molecule has 0 spiro atoms. The van der Waals surface area contributed by atoms with E-state index in [4.69, 9.17) is 24.4 Å². The summed E-state index contributed by atoms with van der Waals surface area (Å²) in [5, 5.41) is 5.59. The number of hydrogen-bond acceptors (Lipinski definition) is 8. The molecular formula is C34H37N9O3. The highest BCUT2D eigenvalue weighted by Gasteiger charge is 2.32. The van der Waals surface area contributed by atoms with Crippen LogP contribution in [0.2, 0.25) is 0 Å². The van der Waals surface area contributed by atoms with E-state index in [1.807, 2.05) is 89.0 Å². The number of aryl methyl sites for hydroxylation is 2. The van der Waals surface area contributed by atoms with Crippen LogP contribution in [-0.2, 0) is 24.9 Å². The first-order valence-electron chi connectivity index (χ1n) is 15.4. The summed E-state index contributed by atoms with van der Waals surface area (Å²) < 4.78 is 14.9. The van der Waals surface area contributed by atoms with Crippen molar-refractivity contribution >= 4 is 27.8 Å². The number of nitrogens with one attached hydrogen (secondary N) is 1. The van der Waals surface area contributed by atoms with E-state index in [2.05, 4.69) is 21.0 Å². The molecule has 0 radical (unpaired) electrons. The normalized spacial score (nSPS) is 15.8. The molecule has 0 aliphatic carbocycles. The van der Waals surface area contributed by atoms with Gasteiger partial charge in [0.05, 0.1) is 60.0 Å². The van der Waals surface area contributed by atoms with Crippen LogP contribution in [0.25, 0.3) is 33.2 Å². The van der Waals surface area contributed by atoms with Crippen molar-refractivity contribution in [1.82, 2.24) is 44.1 Å². The molecule has 5 heterocycles. The van der Waals surface area contributed by atoms with Gasteiger partial charge in [0.25, 0.3) is 0 Å². The molecular weight excluding hydrogens is 582 g/mol. The van der Waals surface area contributed by atoms with Gasteiger partial charge in [0.2, 0.25) is 11.8 Å². The molecule has 2 aromatic carbocycles. The number of fused-ring (bicyclic) bond motifs is 2. The maximum atomic E-state index is 14.3. The lowest BCUT2D eigenvalue weighted by Crippen LogP contribution is -2.39. The molecule has 1 atom stereocenters. The zero-order chi connectivity index (χ0) is 31.8. The number of H-pyrrole nitrogens is 1. The summed E-state index contributed by atoms with van der Waals surface area (Å²) in [5.74, 6) is 2.74. The van der Waals surface area contributed by atoms with Crippen molar-refractivity contribution in [3.8, 4) is 22.9 Å². The average Bonchev–Trinajstić information content (AvgIpc) is 3.76. The maximum Gasteiger partial charge on any atom is 0.243 e. The minimum absolute atomic E-state index is 0.00203. The zero-order valence-corrected chi connectivity index (χ0v) is 26.5. The third-order valence-corrected chi connectivity index (χ3v) is 8.75. The molecule has 236 valence electrons. The summed E-state index contributed by atoms with van der Waals surface area (Å²) in [6.07, 6.45) is 4.47. The van der Waals surface area contributed by atoms with Crippen molar-refractivity contribution in [3.05, 3.63) is 84.3 Å². The molecule has 1 saturated heterocycles. The Labute approximate surface area is 266 Å². The number of aromatic amines is 1. The molecule has 12 heteroatoms. The number of pyridine rings is 1. The fraction of sp³-hybridized carbons (Fsp3) is 0.324. The summed E-state index contributed by atoms with van der Waals surface area (Å²) in [5.41, 5.74) is 5.16. The third kappa shape index (κ3) is 5.67. The number of aromatic nitrogens is 7. The Kier molecular flexibility index (Phi) is 7.87. The minimum Gasteiger partial charge on any atom is -0.497 e. The van der Waals surface area contributed by atoms with Crippen LogP contribution in [-0.4, -0.2) is 83.8 Å². The fourth-order valence-electron chi connectivity index (χ4n) is 6.36. The number of amides is 1. The van der Waals surface area contributed by atoms with Crippen LogP contribution in [0.1, 0.15) is 29.8 Å². The van der Waals surface area contributed by atoms with Crippen molar-refractivity contribution in [1.29, 1.82) is 0 Å². The van der Waals surface area contributed by atoms with Gasteiger partial charge in [0, 0.05) is 50.9 Å². The van der Waals surface area contributed by atoms with E-state index in [1.54, 1.807) is 14.2 Å². The number of carbonyl (C=O) groups is 1. The number of carbonyl (C=O) groups excluding carboxylic acids is 1. The van der Waals surface area contributed by atoms with Crippen LogP contribution in [0.5, 0.6) is 11.6 Å². The molecule has 6 aromatic rings. The molecule has 0 bridgehead atoms. The Morgan fingerprint density at radius 2 is 1.87 bits per heavy atom. The van der Waals surface area contributed by atoms with Gasteiger partial charge >= 0.3 is 0 Å². The Morgan fingerprint density at radius 1 is 1.00 bits per heavy atom.